The average molecular weight is 352 g/mol. The average Bonchev–Trinajstić information content (AvgIpc) is 3.16. The molecule has 1 unspecified atom stereocenters. The zero-order chi connectivity index (χ0) is 17.8. The summed E-state index contributed by atoms with van der Waals surface area (Å²) in [7, 11) is 1.71. The van der Waals surface area contributed by atoms with E-state index in [9.17, 15) is 0 Å². The first-order valence-corrected chi connectivity index (χ1v) is 9.10. The minimum atomic E-state index is 0.476. The molecule has 1 aliphatic heterocycles. The van der Waals surface area contributed by atoms with Gasteiger partial charge in [-0.15, -0.1) is 0 Å². The SMILES string of the molecule is COc1cccc(CN2CCCC(NCc3cccc4nonc34)C2)c1. The Balaban J connectivity index is 1.35. The number of nitrogens with one attached hydrogen (secondary N) is 1. The molecule has 1 aromatic heterocycles. The van der Waals surface area contributed by atoms with Gasteiger partial charge in [0.05, 0.1) is 7.11 Å². The van der Waals surface area contributed by atoms with Crippen LogP contribution in [0, 0.1) is 0 Å². The Morgan fingerprint density at radius 1 is 1.23 bits per heavy atom. The lowest BCUT2D eigenvalue weighted by Crippen LogP contribution is -2.45. The van der Waals surface area contributed by atoms with Gasteiger partial charge in [-0.2, -0.15) is 0 Å². The van der Waals surface area contributed by atoms with Crippen LogP contribution < -0.4 is 10.1 Å². The molecule has 136 valence electrons. The highest BCUT2D eigenvalue weighted by Gasteiger charge is 2.20. The summed E-state index contributed by atoms with van der Waals surface area (Å²) in [6, 6.07) is 14.8. The molecule has 1 N–H and O–H groups in total. The zero-order valence-corrected chi connectivity index (χ0v) is 15.0. The molecule has 2 aromatic carbocycles. The van der Waals surface area contributed by atoms with Crippen LogP contribution in [0.5, 0.6) is 5.75 Å². The molecule has 0 aliphatic carbocycles. The third-order valence-corrected chi connectivity index (χ3v) is 5.00. The van der Waals surface area contributed by atoms with Gasteiger partial charge >= 0.3 is 0 Å². The van der Waals surface area contributed by atoms with Crippen molar-refractivity contribution < 1.29 is 9.37 Å². The topological polar surface area (TPSA) is 63.4 Å². The van der Waals surface area contributed by atoms with Crippen molar-refractivity contribution >= 4 is 11.0 Å². The number of nitrogens with zero attached hydrogens (tertiary/aromatic N) is 3. The lowest BCUT2D eigenvalue weighted by atomic mass is 10.0. The van der Waals surface area contributed by atoms with Gasteiger partial charge in [0.25, 0.3) is 0 Å². The molecule has 0 saturated carbocycles. The highest BCUT2D eigenvalue weighted by molar-refractivity contribution is 5.76. The summed E-state index contributed by atoms with van der Waals surface area (Å²) in [5.74, 6) is 0.920. The van der Waals surface area contributed by atoms with Crippen molar-refractivity contribution in [2.24, 2.45) is 0 Å². The normalized spacial score (nSPS) is 18.3. The summed E-state index contributed by atoms with van der Waals surface area (Å²) in [5.41, 5.74) is 4.09. The van der Waals surface area contributed by atoms with Gasteiger partial charge < -0.3 is 10.1 Å². The van der Waals surface area contributed by atoms with Gasteiger partial charge in [-0.05, 0) is 59.0 Å². The van der Waals surface area contributed by atoms with Crippen molar-refractivity contribution in [2.75, 3.05) is 20.2 Å². The molecule has 1 fully saturated rings. The molecule has 26 heavy (non-hydrogen) atoms. The molecule has 3 aromatic rings. The molecule has 0 bridgehead atoms. The fourth-order valence-corrected chi connectivity index (χ4v) is 3.65. The Labute approximate surface area is 153 Å². The Morgan fingerprint density at radius 3 is 3.08 bits per heavy atom. The Bertz CT molecular complexity index is 864. The van der Waals surface area contributed by atoms with Crippen molar-refractivity contribution in [3.8, 4) is 5.75 Å². The lowest BCUT2D eigenvalue weighted by molar-refractivity contribution is 0.182. The van der Waals surface area contributed by atoms with E-state index in [-0.39, 0.29) is 0 Å². The number of aromatic nitrogens is 2. The van der Waals surface area contributed by atoms with Crippen LogP contribution in [0.3, 0.4) is 0 Å². The molecule has 0 radical (unpaired) electrons. The van der Waals surface area contributed by atoms with Crippen LogP contribution in [0.25, 0.3) is 11.0 Å². The third-order valence-electron chi connectivity index (χ3n) is 5.00. The van der Waals surface area contributed by atoms with Crippen molar-refractivity contribution in [3.05, 3.63) is 53.6 Å². The monoisotopic (exact) mass is 352 g/mol. The van der Waals surface area contributed by atoms with Gasteiger partial charge in [0.2, 0.25) is 0 Å². The second-order valence-electron chi connectivity index (χ2n) is 6.86. The number of fused-ring (bicyclic) bond motifs is 1. The maximum atomic E-state index is 5.33. The molecular weight excluding hydrogens is 328 g/mol. The molecule has 1 atom stereocenters. The Morgan fingerprint density at radius 2 is 2.15 bits per heavy atom. The van der Waals surface area contributed by atoms with Crippen molar-refractivity contribution in [1.29, 1.82) is 0 Å². The largest absolute Gasteiger partial charge is 0.497 e. The van der Waals surface area contributed by atoms with Gasteiger partial charge in [-0.25, -0.2) is 4.63 Å². The Hall–Kier alpha value is -2.44. The first-order chi connectivity index (χ1) is 12.8. The van der Waals surface area contributed by atoms with Gasteiger partial charge in [-0.1, -0.05) is 24.3 Å². The van der Waals surface area contributed by atoms with Crippen LogP contribution in [-0.4, -0.2) is 41.5 Å². The molecule has 4 rings (SSSR count). The molecule has 0 spiro atoms. The molecule has 6 nitrogen and oxygen atoms in total. The van der Waals surface area contributed by atoms with Crippen molar-refractivity contribution in [3.63, 3.8) is 0 Å². The number of benzene rings is 2. The Kier molecular flexibility index (Phi) is 5.13. The quantitative estimate of drug-likeness (QED) is 0.736. The second kappa shape index (κ2) is 7.85. The maximum Gasteiger partial charge on any atom is 0.139 e. The number of likely N-dealkylation sites (tertiary alicyclic amines) is 1. The number of methoxy groups -OCH3 is 1. The van der Waals surface area contributed by atoms with Gasteiger partial charge in [0.1, 0.15) is 16.8 Å². The number of piperidine rings is 1. The summed E-state index contributed by atoms with van der Waals surface area (Å²) in [5, 5.41) is 11.6. The smallest absolute Gasteiger partial charge is 0.139 e. The van der Waals surface area contributed by atoms with Gasteiger partial charge in [-0.3, -0.25) is 4.90 Å². The standard InChI is InChI=1S/C20H24N4O2/c1-25-18-8-2-5-15(11-18)13-24-10-4-7-17(14-24)21-12-16-6-3-9-19-20(16)23-26-22-19/h2-3,5-6,8-9,11,17,21H,4,7,10,12-14H2,1H3. The van der Waals surface area contributed by atoms with Gasteiger partial charge in [0.15, 0.2) is 0 Å². The molecular formula is C20H24N4O2. The third kappa shape index (κ3) is 3.86. The lowest BCUT2D eigenvalue weighted by Gasteiger charge is -2.33. The summed E-state index contributed by atoms with van der Waals surface area (Å²) in [6.45, 7) is 3.92. The summed E-state index contributed by atoms with van der Waals surface area (Å²) in [4.78, 5) is 2.51. The molecule has 1 aliphatic rings. The van der Waals surface area contributed by atoms with Crippen LogP contribution in [-0.2, 0) is 13.1 Å². The van der Waals surface area contributed by atoms with E-state index in [1.54, 1.807) is 7.11 Å². The highest BCUT2D eigenvalue weighted by Crippen LogP contribution is 2.19. The van der Waals surface area contributed by atoms with Crippen LogP contribution >= 0.6 is 0 Å². The van der Waals surface area contributed by atoms with Crippen molar-refractivity contribution in [2.45, 2.75) is 32.0 Å². The van der Waals surface area contributed by atoms with E-state index in [0.29, 0.717) is 6.04 Å². The second-order valence-corrected chi connectivity index (χ2v) is 6.86. The van der Waals surface area contributed by atoms with E-state index < -0.39 is 0 Å². The predicted molar refractivity (Wildman–Crippen MR) is 99.9 cm³/mol. The summed E-state index contributed by atoms with van der Waals surface area (Å²) >= 11 is 0. The first-order valence-electron chi connectivity index (χ1n) is 9.10. The molecule has 1 saturated heterocycles. The van der Waals surface area contributed by atoms with Crippen LogP contribution in [0.1, 0.15) is 24.0 Å². The minimum Gasteiger partial charge on any atom is -0.497 e. The number of ether oxygens (including phenoxy) is 1. The fourth-order valence-electron chi connectivity index (χ4n) is 3.65. The van der Waals surface area contributed by atoms with E-state index in [1.165, 1.54) is 18.4 Å². The fraction of sp³-hybridized carbons (Fsp3) is 0.400. The van der Waals surface area contributed by atoms with E-state index in [4.69, 9.17) is 9.37 Å². The van der Waals surface area contributed by atoms with E-state index in [1.807, 2.05) is 18.2 Å². The summed E-state index contributed by atoms with van der Waals surface area (Å²) in [6.07, 6.45) is 2.40. The van der Waals surface area contributed by atoms with Crippen LogP contribution in [0.15, 0.2) is 47.1 Å². The zero-order valence-electron chi connectivity index (χ0n) is 15.0. The van der Waals surface area contributed by atoms with E-state index in [0.717, 1.165) is 48.5 Å². The van der Waals surface area contributed by atoms with Gasteiger partial charge in [0, 0.05) is 25.7 Å². The van der Waals surface area contributed by atoms with E-state index >= 15 is 0 Å². The molecule has 6 heteroatoms. The predicted octanol–water partition coefficient (Wildman–Crippen LogP) is 2.99. The van der Waals surface area contributed by atoms with Crippen LogP contribution in [0.4, 0.5) is 0 Å². The number of rotatable bonds is 6. The first kappa shape index (κ1) is 17.0. The molecule has 0 amide bonds. The van der Waals surface area contributed by atoms with E-state index in [2.05, 4.69) is 44.8 Å². The maximum absolute atomic E-state index is 5.33. The summed E-state index contributed by atoms with van der Waals surface area (Å²) < 4.78 is 10.2. The minimum absolute atomic E-state index is 0.476. The van der Waals surface area contributed by atoms with Crippen molar-refractivity contribution in [1.82, 2.24) is 20.5 Å². The molecule has 2 heterocycles. The van der Waals surface area contributed by atoms with Crippen LogP contribution in [0.2, 0.25) is 0 Å². The number of hydrogen-bond acceptors (Lipinski definition) is 6. The highest BCUT2D eigenvalue weighted by atomic mass is 16.6. The number of hydrogen-bond donors (Lipinski definition) is 1.